The number of piperidine rings is 1. The van der Waals surface area contributed by atoms with Crippen LogP contribution in [0.2, 0.25) is 0 Å². The molecule has 0 radical (unpaired) electrons. The zero-order valence-electron chi connectivity index (χ0n) is 13.3. The van der Waals surface area contributed by atoms with Gasteiger partial charge >= 0.3 is 0 Å². The van der Waals surface area contributed by atoms with E-state index in [9.17, 15) is 4.79 Å². The topological polar surface area (TPSA) is 62.8 Å². The van der Waals surface area contributed by atoms with Crippen molar-refractivity contribution >= 4 is 5.91 Å². The van der Waals surface area contributed by atoms with Crippen molar-refractivity contribution in [3.63, 3.8) is 0 Å². The van der Waals surface area contributed by atoms with Crippen LogP contribution in [0.5, 0.6) is 0 Å². The fourth-order valence-corrected chi connectivity index (χ4v) is 2.75. The van der Waals surface area contributed by atoms with E-state index in [-0.39, 0.29) is 18.1 Å². The molecule has 6 nitrogen and oxygen atoms in total. The van der Waals surface area contributed by atoms with Gasteiger partial charge in [0.05, 0.1) is 19.3 Å². The third kappa shape index (κ3) is 5.90. The molecule has 2 saturated heterocycles. The van der Waals surface area contributed by atoms with Crippen LogP contribution in [0.3, 0.4) is 0 Å². The SMILES string of the molecule is CC(C)OCCN1CCC(NC(=O)C2CNCCO2)CC1. The number of ether oxygens (including phenoxy) is 2. The van der Waals surface area contributed by atoms with Crippen molar-refractivity contribution in [2.75, 3.05) is 45.9 Å². The van der Waals surface area contributed by atoms with E-state index in [2.05, 4.69) is 29.4 Å². The molecule has 1 atom stereocenters. The molecule has 1 amide bonds. The van der Waals surface area contributed by atoms with Crippen molar-refractivity contribution < 1.29 is 14.3 Å². The first kappa shape index (κ1) is 16.7. The summed E-state index contributed by atoms with van der Waals surface area (Å²) in [5, 5.41) is 6.31. The van der Waals surface area contributed by atoms with Gasteiger partial charge in [0.25, 0.3) is 5.91 Å². The van der Waals surface area contributed by atoms with Gasteiger partial charge in [-0.1, -0.05) is 0 Å². The number of hydrogen-bond donors (Lipinski definition) is 2. The number of carbonyl (C=O) groups excluding carboxylic acids is 1. The lowest BCUT2D eigenvalue weighted by molar-refractivity contribution is -0.135. The summed E-state index contributed by atoms with van der Waals surface area (Å²) in [6.45, 7) is 10.0. The van der Waals surface area contributed by atoms with Gasteiger partial charge in [0.15, 0.2) is 0 Å². The van der Waals surface area contributed by atoms with E-state index >= 15 is 0 Å². The van der Waals surface area contributed by atoms with Gasteiger partial charge in [0, 0.05) is 38.8 Å². The highest BCUT2D eigenvalue weighted by Gasteiger charge is 2.26. The summed E-state index contributed by atoms with van der Waals surface area (Å²) in [6, 6.07) is 0.283. The Balaban J connectivity index is 1.61. The number of nitrogens with zero attached hydrogens (tertiary/aromatic N) is 1. The van der Waals surface area contributed by atoms with Gasteiger partial charge in [-0.3, -0.25) is 4.79 Å². The molecule has 2 rings (SSSR count). The van der Waals surface area contributed by atoms with Crippen LogP contribution in [-0.2, 0) is 14.3 Å². The first-order chi connectivity index (χ1) is 10.1. The highest BCUT2D eigenvalue weighted by Crippen LogP contribution is 2.11. The molecule has 2 aliphatic heterocycles. The molecule has 21 heavy (non-hydrogen) atoms. The lowest BCUT2D eigenvalue weighted by Crippen LogP contribution is -2.52. The molecule has 1 unspecified atom stereocenters. The molecule has 0 aliphatic carbocycles. The van der Waals surface area contributed by atoms with E-state index in [1.54, 1.807) is 0 Å². The van der Waals surface area contributed by atoms with Gasteiger partial charge in [-0.05, 0) is 26.7 Å². The summed E-state index contributed by atoms with van der Waals surface area (Å²) >= 11 is 0. The van der Waals surface area contributed by atoms with Crippen LogP contribution in [0.25, 0.3) is 0 Å². The maximum Gasteiger partial charge on any atom is 0.250 e. The van der Waals surface area contributed by atoms with Crippen molar-refractivity contribution in [3.05, 3.63) is 0 Å². The highest BCUT2D eigenvalue weighted by molar-refractivity contribution is 5.81. The summed E-state index contributed by atoms with van der Waals surface area (Å²) in [5.41, 5.74) is 0. The second-order valence-corrected chi connectivity index (χ2v) is 6.11. The molecule has 0 bridgehead atoms. The Labute approximate surface area is 127 Å². The summed E-state index contributed by atoms with van der Waals surface area (Å²) < 4.78 is 11.1. The van der Waals surface area contributed by atoms with E-state index in [0.29, 0.717) is 19.3 Å². The van der Waals surface area contributed by atoms with Crippen molar-refractivity contribution in [2.45, 2.75) is 44.9 Å². The van der Waals surface area contributed by atoms with Crippen LogP contribution < -0.4 is 10.6 Å². The summed E-state index contributed by atoms with van der Waals surface area (Å²) in [6.07, 6.45) is 1.99. The smallest absolute Gasteiger partial charge is 0.250 e. The number of rotatable bonds is 6. The second-order valence-electron chi connectivity index (χ2n) is 6.11. The molecular formula is C15H29N3O3. The van der Waals surface area contributed by atoms with Crippen molar-refractivity contribution in [3.8, 4) is 0 Å². The first-order valence-electron chi connectivity index (χ1n) is 8.12. The molecular weight excluding hydrogens is 270 g/mol. The third-order valence-corrected chi connectivity index (χ3v) is 4.01. The van der Waals surface area contributed by atoms with E-state index in [1.807, 2.05) is 0 Å². The fourth-order valence-electron chi connectivity index (χ4n) is 2.75. The predicted molar refractivity (Wildman–Crippen MR) is 81.3 cm³/mol. The van der Waals surface area contributed by atoms with E-state index in [0.717, 1.165) is 45.6 Å². The Morgan fingerprint density at radius 2 is 2.19 bits per heavy atom. The lowest BCUT2D eigenvalue weighted by atomic mass is 10.0. The molecule has 0 aromatic rings. The van der Waals surface area contributed by atoms with Crippen LogP contribution in [0.4, 0.5) is 0 Å². The monoisotopic (exact) mass is 299 g/mol. The van der Waals surface area contributed by atoms with Gasteiger partial charge in [-0.2, -0.15) is 0 Å². The number of nitrogens with one attached hydrogen (secondary N) is 2. The number of hydrogen-bond acceptors (Lipinski definition) is 5. The largest absolute Gasteiger partial charge is 0.377 e. The van der Waals surface area contributed by atoms with Gasteiger partial charge in [-0.25, -0.2) is 0 Å². The Morgan fingerprint density at radius 3 is 2.81 bits per heavy atom. The average Bonchev–Trinajstić information content (AvgIpc) is 2.49. The number of morpholine rings is 1. The van der Waals surface area contributed by atoms with Crippen molar-refractivity contribution in [2.24, 2.45) is 0 Å². The van der Waals surface area contributed by atoms with Crippen LogP contribution in [0.1, 0.15) is 26.7 Å². The highest BCUT2D eigenvalue weighted by atomic mass is 16.5. The fraction of sp³-hybridized carbons (Fsp3) is 0.933. The Morgan fingerprint density at radius 1 is 1.43 bits per heavy atom. The molecule has 2 heterocycles. The average molecular weight is 299 g/mol. The third-order valence-electron chi connectivity index (χ3n) is 4.01. The summed E-state index contributed by atoms with van der Waals surface area (Å²) in [5.74, 6) is 0.0313. The minimum absolute atomic E-state index is 0.0313. The predicted octanol–water partition coefficient (Wildman–Crippen LogP) is -0.0196. The number of carbonyl (C=O) groups is 1. The van der Waals surface area contributed by atoms with Gasteiger partial charge in [0.1, 0.15) is 6.10 Å². The molecule has 2 fully saturated rings. The molecule has 122 valence electrons. The van der Waals surface area contributed by atoms with E-state index in [4.69, 9.17) is 9.47 Å². The van der Waals surface area contributed by atoms with Crippen LogP contribution >= 0.6 is 0 Å². The number of likely N-dealkylation sites (tertiary alicyclic amines) is 1. The van der Waals surface area contributed by atoms with Crippen LogP contribution in [0, 0.1) is 0 Å². The quantitative estimate of drug-likeness (QED) is 0.722. The maximum absolute atomic E-state index is 12.1. The zero-order chi connectivity index (χ0) is 15.1. The lowest BCUT2D eigenvalue weighted by Gasteiger charge is -2.33. The minimum Gasteiger partial charge on any atom is -0.377 e. The molecule has 2 aliphatic rings. The first-order valence-corrected chi connectivity index (χ1v) is 8.12. The Bertz CT molecular complexity index is 311. The Kier molecular flexibility index (Phi) is 6.89. The standard InChI is InChI=1S/C15H29N3O3/c1-12(2)20-10-8-18-6-3-13(4-7-18)17-15(19)14-11-16-5-9-21-14/h12-14,16H,3-11H2,1-2H3,(H,17,19). The molecule has 0 aromatic carbocycles. The van der Waals surface area contributed by atoms with Gasteiger partial charge in [-0.15, -0.1) is 0 Å². The normalized spacial score (nSPS) is 25.2. The van der Waals surface area contributed by atoms with Crippen molar-refractivity contribution in [1.29, 1.82) is 0 Å². The van der Waals surface area contributed by atoms with Crippen molar-refractivity contribution in [1.82, 2.24) is 15.5 Å². The molecule has 2 N–H and O–H groups in total. The second kappa shape index (κ2) is 8.68. The molecule has 6 heteroatoms. The molecule has 0 spiro atoms. The van der Waals surface area contributed by atoms with E-state index in [1.165, 1.54) is 0 Å². The number of amides is 1. The Hall–Kier alpha value is -0.690. The van der Waals surface area contributed by atoms with Gasteiger partial charge in [0.2, 0.25) is 0 Å². The van der Waals surface area contributed by atoms with E-state index < -0.39 is 0 Å². The minimum atomic E-state index is -0.323. The zero-order valence-corrected chi connectivity index (χ0v) is 13.3. The molecule has 0 aromatic heterocycles. The maximum atomic E-state index is 12.1. The summed E-state index contributed by atoms with van der Waals surface area (Å²) in [4.78, 5) is 14.5. The van der Waals surface area contributed by atoms with Crippen LogP contribution in [0.15, 0.2) is 0 Å². The van der Waals surface area contributed by atoms with Crippen LogP contribution in [-0.4, -0.2) is 75.0 Å². The summed E-state index contributed by atoms with van der Waals surface area (Å²) in [7, 11) is 0. The van der Waals surface area contributed by atoms with Gasteiger partial charge < -0.3 is 25.0 Å². The molecule has 0 saturated carbocycles.